The minimum absolute atomic E-state index is 0.140. The molecule has 17 heavy (non-hydrogen) atoms. The maximum absolute atomic E-state index is 11.3. The summed E-state index contributed by atoms with van der Waals surface area (Å²) in [5, 5.41) is 0. The van der Waals surface area contributed by atoms with Crippen LogP contribution >= 0.6 is 0 Å². The summed E-state index contributed by atoms with van der Waals surface area (Å²) >= 11 is 0. The van der Waals surface area contributed by atoms with Crippen LogP contribution in [0.3, 0.4) is 0 Å². The van der Waals surface area contributed by atoms with Crippen molar-refractivity contribution in [2.24, 2.45) is 5.84 Å². The number of nitrogens with one attached hydrogen (secondary N) is 1. The Morgan fingerprint density at radius 1 is 1.53 bits per heavy atom. The maximum Gasteiger partial charge on any atom is 0.268 e. The first kappa shape index (κ1) is 11.2. The number of pyridine rings is 1. The lowest BCUT2D eigenvalue weighted by molar-refractivity contribution is 0.0949. The van der Waals surface area contributed by atoms with Crippen LogP contribution in [0.1, 0.15) is 16.1 Å². The van der Waals surface area contributed by atoms with Crippen molar-refractivity contribution in [1.82, 2.24) is 10.4 Å². The highest BCUT2D eigenvalue weighted by atomic mass is 16.5. The van der Waals surface area contributed by atoms with Crippen molar-refractivity contribution in [2.75, 3.05) is 0 Å². The molecule has 0 aliphatic carbocycles. The molecule has 0 aliphatic rings. The smallest absolute Gasteiger partial charge is 0.268 e. The average Bonchev–Trinajstić information content (AvgIpc) is 2.85. The summed E-state index contributed by atoms with van der Waals surface area (Å²) < 4.78 is 10.6. The number of rotatable bonds is 4. The van der Waals surface area contributed by atoms with Crippen LogP contribution in [0.5, 0.6) is 5.75 Å². The highest BCUT2D eigenvalue weighted by Crippen LogP contribution is 2.14. The van der Waals surface area contributed by atoms with E-state index in [4.69, 9.17) is 15.0 Å². The van der Waals surface area contributed by atoms with Crippen molar-refractivity contribution >= 4 is 5.91 Å². The van der Waals surface area contributed by atoms with Crippen molar-refractivity contribution in [3.63, 3.8) is 0 Å². The predicted molar refractivity (Wildman–Crippen MR) is 58.9 cm³/mol. The highest BCUT2D eigenvalue weighted by molar-refractivity contribution is 5.94. The number of hydrogen-bond donors (Lipinski definition) is 2. The fourth-order valence-corrected chi connectivity index (χ4v) is 1.31. The van der Waals surface area contributed by atoms with Crippen LogP contribution < -0.4 is 16.0 Å². The molecule has 2 aromatic heterocycles. The Balaban J connectivity index is 2.05. The third kappa shape index (κ3) is 2.61. The largest absolute Gasteiger partial charge is 0.484 e. The van der Waals surface area contributed by atoms with Gasteiger partial charge in [0.25, 0.3) is 5.91 Å². The zero-order chi connectivity index (χ0) is 12.1. The number of hydrogen-bond acceptors (Lipinski definition) is 5. The van der Waals surface area contributed by atoms with Gasteiger partial charge in [0.05, 0.1) is 18.0 Å². The van der Waals surface area contributed by atoms with Gasteiger partial charge in [-0.25, -0.2) is 5.84 Å². The van der Waals surface area contributed by atoms with E-state index in [0.29, 0.717) is 17.1 Å². The van der Waals surface area contributed by atoms with Gasteiger partial charge in [0.15, 0.2) is 5.76 Å². The minimum Gasteiger partial charge on any atom is -0.484 e. The van der Waals surface area contributed by atoms with Gasteiger partial charge in [0.1, 0.15) is 12.4 Å². The molecule has 2 heterocycles. The number of carbonyl (C=O) groups excluding carboxylic acids is 1. The lowest BCUT2D eigenvalue weighted by Gasteiger charge is -2.04. The van der Waals surface area contributed by atoms with Crippen molar-refractivity contribution in [2.45, 2.75) is 6.61 Å². The monoisotopic (exact) mass is 233 g/mol. The summed E-state index contributed by atoms with van der Waals surface area (Å²) in [7, 11) is 0. The Kier molecular flexibility index (Phi) is 3.37. The van der Waals surface area contributed by atoms with E-state index in [-0.39, 0.29) is 6.61 Å². The Bertz CT molecular complexity index is 496. The van der Waals surface area contributed by atoms with E-state index in [9.17, 15) is 4.79 Å². The molecule has 6 heteroatoms. The Morgan fingerprint density at radius 2 is 2.41 bits per heavy atom. The predicted octanol–water partition coefficient (Wildman–Crippen LogP) is 0.857. The van der Waals surface area contributed by atoms with Crippen molar-refractivity contribution in [1.29, 1.82) is 0 Å². The summed E-state index contributed by atoms with van der Waals surface area (Å²) in [6.45, 7) is 0.140. The van der Waals surface area contributed by atoms with Gasteiger partial charge in [-0.3, -0.25) is 15.2 Å². The van der Waals surface area contributed by atoms with Gasteiger partial charge in [0.2, 0.25) is 0 Å². The van der Waals surface area contributed by atoms with Gasteiger partial charge in [0, 0.05) is 6.20 Å². The second-order valence-electron chi connectivity index (χ2n) is 3.21. The number of aromatic nitrogens is 1. The fourth-order valence-electron chi connectivity index (χ4n) is 1.31. The first-order chi connectivity index (χ1) is 8.31. The normalized spacial score (nSPS) is 9.94. The Hall–Kier alpha value is -2.34. The Labute approximate surface area is 97.4 Å². The zero-order valence-corrected chi connectivity index (χ0v) is 8.92. The number of nitrogens with zero attached hydrogens (tertiary/aromatic N) is 1. The second-order valence-corrected chi connectivity index (χ2v) is 3.21. The summed E-state index contributed by atoms with van der Waals surface area (Å²) in [5.41, 5.74) is 2.40. The van der Waals surface area contributed by atoms with Crippen LogP contribution in [0.15, 0.2) is 41.3 Å². The molecule has 0 saturated carbocycles. The molecular weight excluding hydrogens is 222 g/mol. The van der Waals surface area contributed by atoms with E-state index in [1.165, 1.54) is 12.3 Å². The first-order valence-corrected chi connectivity index (χ1v) is 4.91. The van der Waals surface area contributed by atoms with Crippen molar-refractivity contribution < 1.29 is 13.9 Å². The summed E-state index contributed by atoms with van der Waals surface area (Å²) in [5.74, 6) is 5.65. The SMILES string of the molecule is NNC(=O)c1ccoc1COc1cccnc1. The maximum atomic E-state index is 11.3. The second kappa shape index (κ2) is 5.13. The zero-order valence-electron chi connectivity index (χ0n) is 8.92. The number of nitrogens with two attached hydrogens (primary N) is 1. The van der Waals surface area contributed by atoms with Crippen LogP contribution in [0.2, 0.25) is 0 Å². The third-order valence-corrected chi connectivity index (χ3v) is 2.13. The number of carbonyl (C=O) groups is 1. The van der Waals surface area contributed by atoms with E-state index in [1.54, 1.807) is 24.5 Å². The van der Waals surface area contributed by atoms with Gasteiger partial charge in [-0.05, 0) is 18.2 Å². The number of furan rings is 1. The van der Waals surface area contributed by atoms with E-state index < -0.39 is 5.91 Å². The summed E-state index contributed by atoms with van der Waals surface area (Å²) in [6, 6.07) is 5.05. The highest BCUT2D eigenvalue weighted by Gasteiger charge is 2.13. The minimum atomic E-state index is -0.413. The quantitative estimate of drug-likeness (QED) is 0.464. The molecule has 0 atom stereocenters. The molecule has 0 unspecified atom stereocenters. The van der Waals surface area contributed by atoms with Gasteiger partial charge in [-0.15, -0.1) is 0 Å². The van der Waals surface area contributed by atoms with Gasteiger partial charge < -0.3 is 9.15 Å². The average molecular weight is 233 g/mol. The standard InChI is InChI=1S/C11H11N3O3/c12-14-11(15)9-3-5-16-10(9)7-17-8-2-1-4-13-6-8/h1-6H,7,12H2,(H,14,15). The molecule has 0 bridgehead atoms. The molecule has 0 aliphatic heterocycles. The van der Waals surface area contributed by atoms with E-state index >= 15 is 0 Å². The number of hydrazine groups is 1. The van der Waals surface area contributed by atoms with E-state index in [2.05, 4.69) is 4.98 Å². The molecule has 2 rings (SSSR count). The number of ether oxygens (including phenoxy) is 1. The lowest BCUT2D eigenvalue weighted by Crippen LogP contribution is -2.30. The van der Waals surface area contributed by atoms with E-state index in [1.807, 2.05) is 5.43 Å². The third-order valence-electron chi connectivity index (χ3n) is 2.13. The molecule has 88 valence electrons. The molecule has 0 radical (unpaired) electrons. The summed E-state index contributed by atoms with van der Waals surface area (Å²) in [6.07, 6.45) is 4.63. The molecule has 6 nitrogen and oxygen atoms in total. The lowest BCUT2D eigenvalue weighted by atomic mass is 10.2. The molecule has 3 N–H and O–H groups in total. The van der Waals surface area contributed by atoms with Crippen LogP contribution in [0.4, 0.5) is 0 Å². The molecule has 1 amide bonds. The van der Waals surface area contributed by atoms with E-state index in [0.717, 1.165) is 0 Å². The Morgan fingerprint density at radius 3 is 3.12 bits per heavy atom. The fraction of sp³-hybridized carbons (Fsp3) is 0.0909. The van der Waals surface area contributed by atoms with Gasteiger partial charge >= 0.3 is 0 Å². The summed E-state index contributed by atoms with van der Waals surface area (Å²) in [4.78, 5) is 15.2. The topological polar surface area (TPSA) is 90.4 Å². The molecule has 0 aromatic carbocycles. The molecule has 0 spiro atoms. The van der Waals surface area contributed by atoms with Gasteiger partial charge in [-0.2, -0.15) is 0 Å². The van der Waals surface area contributed by atoms with Crippen LogP contribution in [0, 0.1) is 0 Å². The van der Waals surface area contributed by atoms with Crippen molar-refractivity contribution in [3.8, 4) is 5.75 Å². The number of nitrogen functional groups attached to an aromatic ring is 1. The number of amides is 1. The first-order valence-electron chi connectivity index (χ1n) is 4.91. The van der Waals surface area contributed by atoms with Gasteiger partial charge in [-0.1, -0.05) is 0 Å². The molecular formula is C11H11N3O3. The molecule has 0 saturated heterocycles. The van der Waals surface area contributed by atoms with Crippen LogP contribution in [-0.4, -0.2) is 10.9 Å². The van der Waals surface area contributed by atoms with Crippen molar-refractivity contribution in [3.05, 3.63) is 48.2 Å². The molecule has 0 fully saturated rings. The van der Waals surface area contributed by atoms with Crippen LogP contribution in [-0.2, 0) is 6.61 Å². The van der Waals surface area contributed by atoms with Crippen LogP contribution in [0.25, 0.3) is 0 Å². The molecule has 2 aromatic rings.